The quantitative estimate of drug-likeness (QED) is 0.568. The molecule has 2 aromatic rings. The molecular weight excluding hydrogens is 354 g/mol. The van der Waals surface area contributed by atoms with Crippen LogP contribution in [0.25, 0.3) is 0 Å². The number of hydrogen-bond acceptors (Lipinski definition) is 6. The molecule has 2 N–H and O–H groups in total. The van der Waals surface area contributed by atoms with Crippen molar-refractivity contribution in [2.45, 2.75) is 13.5 Å². The first kappa shape index (κ1) is 19.7. The van der Waals surface area contributed by atoms with E-state index in [1.807, 2.05) is 0 Å². The zero-order valence-electron chi connectivity index (χ0n) is 15.1. The molecule has 0 radical (unpaired) electrons. The highest BCUT2D eigenvalue weighted by Gasteiger charge is 2.24. The monoisotopic (exact) mass is 373 g/mol. The molecule has 0 aliphatic heterocycles. The minimum Gasteiger partial charge on any atom is -0.493 e. The van der Waals surface area contributed by atoms with Crippen LogP contribution in [-0.2, 0) is 11.3 Å². The lowest BCUT2D eigenvalue weighted by Crippen LogP contribution is -2.24. The van der Waals surface area contributed by atoms with Crippen molar-refractivity contribution in [2.75, 3.05) is 19.5 Å². The lowest BCUT2D eigenvalue weighted by molar-refractivity contribution is -0.385. The Bertz CT molecular complexity index is 881. The van der Waals surface area contributed by atoms with Crippen molar-refractivity contribution < 1.29 is 24.0 Å². The number of anilines is 1. The van der Waals surface area contributed by atoms with Crippen molar-refractivity contribution >= 4 is 23.2 Å². The second kappa shape index (κ2) is 8.65. The van der Waals surface area contributed by atoms with Crippen molar-refractivity contribution in [1.82, 2.24) is 5.32 Å². The minimum absolute atomic E-state index is 0.123. The Hall–Kier alpha value is -3.62. The molecule has 2 amide bonds. The number of carbonyl (C=O) groups is 2. The topological polar surface area (TPSA) is 120 Å². The number of nitro groups is 1. The van der Waals surface area contributed by atoms with Crippen LogP contribution in [0.5, 0.6) is 11.5 Å². The molecule has 0 heterocycles. The number of carbonyl (C=O) groups excluding carboxylic acids is 2. The summed E-state index contributed by atoms with van der Waals surface area (Å²) in [4.78, 5) is 34.3. The summed E-state index contributed by atoms with van der Waals surface area (Å²) in [7, 11) is 2.72. The van der Waals surface area contributed by atoms with E-state index in [9.17, 15) is 19.7 Å². The number of nitro benzene ring substituents is 1. The fourth-order valence-corrected chi connectivity index (χ4v) is 2.44. The smallest absolute Gasteiger partial charge is 0.286 e. The van der Waals surface area contributed by atoms with E-state index in [4.69, 9.17) is 9.47 Å². The number of amides is 2. The maximum atomic E-state index is 12.5. The molecule has 0 bridgehead atoms. The summed E-state index contributed by atoms with van der Waals surface area (Å²) < 4.78 is 10.1. The summed E-state index contributed by atoms with van der Waals surface area (Å²) in [5.74, 6) is -0.477. The molecule has 0 aliphatic carbocycles. The molecule has 0 saturated carbocycles. The summed E-state index contributed by atoms with van der Waals surface area (Å²) in [5.41, 5.74) is 0.775. The summed E-state index contributed by atoms with van der Waals surface area (Å²) in [6.45, 7) is 1.52. The van der Waals surface area contributed by atoms with Gasteiger partial charge in [0.2, 0.25) is 5.91 Å². The van der Waals surface area contributed by atoms with E-state index < -0.39 is 16.5 Å². The molecule has 0 unspecified atom stereocenters. The maximum Gasteiger partial charge on any atom is 0.286 e. The SMILES string of the molecule is COc1cc(C(=O)NCc2cccc(NC(C)=O)c2)c([N+](=O)[O-])cc1OC. The number of ether oxygens (including phenoxy) is 2. The van der Waals surface area contributed by atoms with Gasteiger partial charge in [0.15, 0.2) is 11.5 Å². The van der Waals surface area contributed by atoms with Crippen LogP contribution in [0.1, 0.15) is 22.8 Å². The van der Waals surface area contributed by atoms with Crippen molar-refractivity contribution in [3.63, 3.8) is 0 Å². The highest BCUT2D eigenvalue weighted by Crippen LogP contribution is 2.34. The average Bonchev–Trinajstić information content (AvgIpc) is 2.64. The largest absolute Gasteiger partial charge is 0.493 e. The summed E-state index contributed by atoms with van der Waals surface area (Å²) in [6, 6.07) is 9.31. The van der Waals surface area contributed by atoms with Crippen molar-refractivity contribution in [2.24, 2.45) is 0 Å². The number of nitrogens with zero attached hydrogens (tertiary/aromatic N) is 1. The molecule has 9 heteroatoms. The van der Waals surface area contributed by atoms with Gasteiger partial charge in [-0.15, -0.1) is 0 Å². The second-order valence-electron chi connectivity index (χ2n) is 5.55. The van der Waals surface area contributed by atoms with E-state index in [0.29, 0.717) is 5.69 Å². The van der Waals surface area contributed by atoms with Gasteiger partial charge in [0.05, 0.1) is 25.2 Å². The Kier molecular flexibility index (Phi) is 6.32. The first-order valence-corrected chi connectivity index (χ1v) is 7.90. The Morgan fingerprint density at radius 1 is 1.11 bits per heavy atom. The van der Waals surface area contributed by atoms with Crippen LogP contribution < -0.4 is 20.1 Å². The first-order chi connectivity index (χ1) is 12.8. The third-order valence-corrected chi connectivity index (χ3v) is 3.64. The number of nitrogens with one attached hydrogen (secondary N) is 2. The molecule has 0 spiro atoms. The van der Waals surface area contributed by atoms with Crippen LogP contribution in [0.2, 0.25) is 0 Å². The predicted molar refractivity (Wildman–Crippen MR) is 98.1 cm³/mol. The van der Waals surface area contributed by atoms with Gasteiger partial charge in [-0.2, -0.15) is 0 Å². The van der Waals surface area contributed by atoms with Gasteiger partial charge in [0, 0.05) is 25.2 Å². The van der Waals surface area contributed by atoms with Crippen LogP contribution in [0.15, 0.2) is 36.4 Å². The third-order valence-electron chi connectivity index (χ3n) is 3.64. The molecule has 2 rings (SSSR count). The summed E-state index contributed by atoms with van der Waals surface area (Å²) in [5, 5.41) is 16.6. The molecular formula is C18H19N3O6. The highest BCUT2D eigenvalue weighted by atomic mass is 16.6. The Morgan fingerprint density at radius 2 is 1.78 bits per heavy atom. The zero-order chi connectivity index (χ0) is 20.0. The van der Waals surface area contributed by atoms with Gasteiger partial charge in [-0.3, -0.25) is 19.7 Å². The molecule has 142 valence electrons. The summed E-state index contributed by atoms with van der Waals surface area (Å²) in [6.07, 6.45) is 0. The van der Waals surface area contributed by atoms with E-state index in [-0.39, 0.29) is 29.5 Å². The van der Waals surface area contributed by atoms with E-state index in [0.717, 1.165) is 11.6 Å². The number of hydrogen-bond donors (Lipinski definition) is 2. The average molecular weight is 373 g/mol. The van der Waals surface area contributed by atoms with Gasteiger partial charge in [0.1, 0.15) is 5.56 Å². The van der Waals surface area contributed by atoms with E-state index in [1.165, 1.54) is 27.2 Å². The lowest BCUT2D eigenvalue weighted by atomic mass is 10.1. The number of benzene rings is 2. The highest BCUT2D eigenvalue weighted by molar-refractivity contribution is 5.99. The Balaban J connectivity index is 2.23. The van der Waals surface area contributed by atoms with Crippen molar-refractivity contribution in [3.8, 4) is 11.5 Å². The second-order valence-corrected chi connectivity index (χ2v) is 5.55. The molecule has 9 nitrogen and oxygen atoms in total. The molecule has 0 atom stereocenters. The molecule has 0 fully saturated rings. The van der Waals surface area contributed by atoms with E-state index in [2.05, 4.69) is 10.6 Å². The number of rotatable bonds is 7. The molecule has 0 aliphatic rings. The van der Waals surface area contributed by atoms with Crippen LogP contribution in [0, 0.1) is 10.1 Å². The summed E-state index contributed by atoms with van der Waals surface area (Å²) >= 11 is 0. The van der Waals surface area contributed by atoms with Crippen LogP contribution in [0.3, 0.4) is 0 Å². The minimum atomic E-state index is -0.658. The number of methoxy groups -OCH3 is 2. The Labute approximate surface area is 155 Å². The van der Waals surface area contributed by atoms with Crippen LogP contribution >= 0.6 is 0 Å². The zero-order valence-corrected chi connectivity index (χ0v) is 15.1. The van der Waals surface area contributed by atoms with Gasteiger partial charge in [0.25, 0.3) is 11.6 Å². The molecule has 2 aromatic carbocycles. The Morgan fingerprint density at radius 3 is 2.37 bits per heavy atom. The van der Waals surface area contributed by atoms with Gasteiger partial charge >= 0.3 is 0 Å². The molecule has 27 heavy (non-hydrogen) atoms. The van der Waals surface area contributed by atoms with E-state index >= 15 is 0 Å². The van der Waals surface area contributed by atoms with Gasteiger partial charge in [-0.05, 0) is 17.7 Å². The predicted octanol–water partition coefficient (Wildman–Crippen LogP) is 2.50. The fourth-order valence-electron chi connectivity index (χ4n) is 2.44. The van der Waals surface area contributed by atoms with Crippen molar-refractivity contribution in [1.29, 1.82) is 0 Å². The fraction of sp³-hybridized carbons (Fsp3) is 0.222. The lowest BCUT2D eigenvalue weighted by Gasteiger charge is -2.11. The standard InChI is InChI=1S/C18H19N3O6/c1-11(22)20-13-6-4-5-12(7-13)10-19-18(23)14-8-16(26-2)17(27-3)9-15(14)21(24)25/h4-9H,10H2,1-3H3,(H,19,23)(H,20,22). The maximum absolute atomic E-state index is 12.5. The van der Waals surface area contributed by atoms with Gasteiger partial charge < -0.3 is 20.1 Å². The first-order valence-electron chi connectivity index (χ1n) is 7.90. The van der Waals surface area contributed by atoms with Gasteiger partial charge in [-0.25, -0.2) is 0 Å². The van der Waals surface area contributed by atoms with E-state index in [1.54, 1.807) is 24.3 Å². The molecule has 0 aromatic heterocycles. The normalized spacial score (nSPS) is 10.0. The van der Waals surface area contributed by atoms with Gasteiger partial charge in [-0.1, -0.05) is 12.1 Å². The van der Waals surface area contributed by atoms with Crippen LogP contribution in [0.4, 0.5) is 11.4 Å². The van der Waals surface area contributed by atoms with Crippen molar-refractivity contribution in [3.05, 3.63) is 57.6 Å². The third kappa shape index (κ3) is 4.94. The van der Waals surface area contributed by atoms with Crippen LogP contribution in [-0.4, -0.2) is 31.0 Å². The molecule has 0 saturated heterocycles.